The maximum absolute atomic E-state index is 11.0. The second-order valence-electron chi connectivity index (χ2n) is 3.85. The van der Waals surface area contributed by atoms with Crippen molar-refractivity contribution in [3.8, 4) is 5.75 Å². The van der Waals surface area contributed by atoms with Crippen LogP contribution in [0.5, 0.6) is 5.75 Å². The molecule has 4 heteroatoms. The van der Waals surface area contributed by atoms with Crippen molar-refractivity contribution in [3.05, 3.63) is 27.3 Å². The molecule has 0 radical (unpaired) electrons. The van der Waals surface area contributed by atoms with E-state index in [1.165, 1.54) is 12.8 Å². The molecule has 0 saturated heterocycles. The average molecular weight is 348 g/mol. The third-order valence-electron chi connectivity index (χ3n) is 2.43. The Morgan fingerprint density at radius 2 is 2.12 bits per heavy atom. The van der Waals surface area contributed by atoms with E-state index in [1.54, 1.807) is 12.1 Å². The normalized spacial score (nSPS) is 10.2. The Labute approximate surface area is 115 Å². The first-order valence-corrected chi connectivity index (χ1v) is 6.88. The van der Waals surface area contributed by atoms with Crippen LogP contribution in [0.1, 0.15) is 43.0 Å². The number of carboxylic acids is 1. The molecule has 1 N–H and O–H groups in total. The van der Waals surface area contributed by atoms with Crippen LogP contribution >= 0.6 is 22.6 Å². The summed E-state index contributed by atoms with van der Waals surface area (Å²) in [7, 11) is 0. The fraction of sp³-hybridized carbons (Fsp3) is 0.462. The van der Waals surface area contributed by atoms with Gasteiger partial charge in [-0.25, -0.2) is 4.79 Å². The summed E-state index contributed by atoms with van der Waals surface area (Å²) >= 11 is 2.09. The van der Waals surface area contributed by atoms with Crippen LogP contribution in [0.4, 0.5) is 0 Å². The lowest BCUT2D eigenvalue weighted by Crippen LogP contribution is -2.04. The lowest BCUT2D eigenvalue weighted by molar-refractivity contribution is 0.0692. The Balaban J connectivity index is 2.55. The lowest BCUT2D eigenvalue weighted by atomic mass is 10.2. The molecule has 0 amide bonds. The van der Waals surface area contributed by atoms with Crippen molar-refractivity contribution in [2.75, 3.05) is 6.61 Å². The maximum atomic E-state index is 11.0. The van der Waals surface area contributed by atoms with Crippen molar-refractivity contribution in [2.24, 2.45) is 0 Å². The van der Waals surface area contributed by atoms with Crippen LogP contribution in [-0.4, -0.2) is 17.7 Å². The highest BCUT2D eigenvalue weighted by molar-refractivity contribution is 14.1. The first kappa shape index (κ1) is 14.3. The number of rotatable bonds is 7. The van der Waals surface area contributed by atoms with Crippen LogP contribution in [0.15, 0.2) is 18.2 Å². The number of unbranched alkanes of at least 4 members (excludes halogenated alkanes) is 3. The first-order valence-electron chi connectivity index (χ1n) is 5.80. The van der Waals surface area contributed by atoms with Crippen molar-refractivity contribution < 1.29 is 14.6 Å². The highest BCUT2D eigenvalue weighted by Crippen LogP contribution is 2.21. The Morgan fingerprint density at radius 1 is 1.35 bits per heavy atom. The zero-order valence-electron chi connectivity index (χ0n) is 9.91. The molecule has 0 aliphatic rings. The van der Waals surface area contributed by atoms with Crippen LogP contribution < -0.4 is 4.74 Å². The van der Waals surface area contributed by atoms with E-state index in [0.29, 0.717) is 12.4 Å². The SMILES string of the molecule is CCCCCCOc1ccc(I)cc1C(=O)O. The van der Waals surface area contributed by atoms with Crippen LogP contribution in [0.2, 0.25) is 0 Å². The van der Waals surface area contributed by atoms with Crippen molar-refractivity contribution in [1.29, 1.82) is 0 Å². The molecule has 0 bridgehead atoms. The van der Waals surface area contributed by atoms with Crippen LogP contribution in [0, 0.1) is 3.57 Å². The van der Waals surface area contributed by atoms with Crippen LogP contribution in [0.25, 0.3) is 0 Å². The van der Waals surface area contributed by atoms with E-state index in [2.05, 4.69) is 29.5 Å². The van der Waals surface area contributed by atoms with Crippen molar-refractivity contribution >= 4 is 28.6 Å². The average Bonchev–Trinajstić information content (AvgIpc) is 2.30. The summed E-state index contributed by atoms with van der Waals surface area (Å²) in [4.78, 5) is 11.0. The summed E-state index contributed by atoms with van der Waals surface area (Å²) in [5, 5.41) is 9.05. The molecule has 0 fully saturated rings. The van der Waals surface area contributed by atoms with Gasteiger partial charge in [0.05, 0.1) is 6.61 Å². The van der Waals surface area contributed by atoms with Gasteiger partial charge >= 0.3 is 5.97 Å². The highest BCUT2D eigenvalue weighted by Gasteiger charge is 2.11. The van der Waals surface area contributed by atoms with Gasteiger partial charge in [-0.2, -0.15) is 0 Å². The zero-order valence-corrected chi connectivity index (χ0v) is 12.1. The van der Waals surface area contributed by atoms with Crippen molar-refractivity contribution in [1.82, 2.24) is 0 Å². The second-order valence-corrected chi connectivity index (χ2v) is 5.10. The third kappa shape index (κ3) is 4.93. The molecule has 0 aromatic heterocycles. The number of benzene rings is 1. The number of hydrogen-bond donors (Lipinski definition) is 1. The largest absolute Gasteiger partial charge is 0.493 e. The molecule has 1 aromatic rings. The summed E-state index contributed by atoms with van der Waals surface area (Å²) in [6.45, 7) is 2.74. The molecule has 0 saturated carbocycles. The van der Waals surface area contributed by atoms with E-state index in [-0.39, 0.29) is 5.56 Å². The second kappa shape index (κ2) is 7.53. The third-order valence-corrected chi connectivity index (χ3v) is 3.10. The quantitative estimate of drug-likeness (QED) is 0.600. The molecule has 0 aliphatic heterocycles. The monoisotopic (exact) mass is 348 g/mol. The molecule has 0 unspecified atom stereocenters. The van der Waals surface area contributed by atoms with Crippen molar-refractivity contribution in [3.63, 3.8) is 0 Å². The number of ether oxygens (including phenoxy) is 1. The molecule has 17 heavy (non-hydrogen) atoms. The topological polar surface area (TPSA) is 46.5 Å². The molecule has 3 nitrogen and oxygen atoms in total. The van der Waals surface area contributed by atoms with Gasteiger partial charge in [0, 0.05) is 3.57 Å². The zero-order chi connectivity index (χ0) is 12.7. The van der Waals surface area contributed by atoms with Gasteiger partial charge in [-0.15, -0.1) is 0 Å². The van der Waals surface area contributed by atoms with Gasteiger partial charge in [0.25, 0.3) is 0 Å². The van der Waals surface area contributed by atoms with Gasteiger partial charge in [-0.1, -0.05) is 26.2 Å². The van der Waals surface area contributed by atoms with E-state index in [4.69, 9.17) is 9.84 Å². The molecular formula is C13H17IO3. The molecular weight excluding hydrogens is 331 g/mol. The summed E-state index contributed by atoms with van der Waals surface area (Å²) in [5.41, 5.74) is 0.243. The van der Waals surface area contributed by atoms with Gasteiger partial charge < -0.3 is 9.84 Å². The highest BCUT2D eigenvalue weighted by atomic mass is 127. The number of carbonyl (C=O) groups is 1. The number of aromatic carboxylic acids is 1. The number of halogens is 1. The first-order chi connectivity index (χ1) is 8.15. The summed E-state index contributed by atoms with van der Waals surface area (Å²) in [6.07, 6.45) is 4.48. The molecule has 94 valence electrons. The van der Waals surface area contributed by atoms with E-state index in [9.17, 15) is 4.79 Å². The fourth-order valence-corrected chi connectivity index (χ4v) is 2.00. The molecule has 1 rings (SSSR count). The maximum Gasteiger partial charge on any atom is 0.339 e. The van der Waals surface area contributed by atoms with E-state index >= 15 is 0 Å². The van der Waals surface area contributed by atoms with Gasteiger partial charge in [-0.05, 0) is 47.2 Å². The van der Waals surface area contributed by atoms with Gasteiger partial charge in [0.1, 0.15) is 11.3 Å². The number of hydrogen-bond acceptors (Lipinski definition) is 2. The standard InChI is InChI=1S/C13H17IO3/c1-2-3-4-5-8-17-12-7-6-10(14)9-11(12)13(15)16/h6-7,9H,2-5,8H2,1H3,(H,15,16). The Kier molecular flexibility index (Phi) is 6.32. The Morgan fingerprint density at radius 3 is 2.76 bits per heavy atom. The molecule has 0 spiro atoms. The minimum absolute atomic E-state index is 0.243. The summed E-state index contributed by atoms with van der Waals surface area (Å²) in [6, 6.07) is 5.21. The molecule has 0 atom stereocenters. The van der Waals surface area contributed by atoms with Gasteiger partial charge in [-0.3, -0.25) is 0 Å². The van der Waals surface area contributed by atoms with E-state index < -0.39 is 5.97 Å². The van der Waals surface area contributed by atoms with Gasteiger partial charge in [0.15, 0.2) is 0 Å². The molecule has 1 aromatic carbocycles. The predicted molar refractivity (Wildman–Crippen MR) is 75.8 cm³/mol. The van der Waals surface area contributed by atoms with Crippen LogP contribution in [0.3, 0.4) is 0 Å². The minimum Gasteiger partial charge on any atom is -0.493 e. The predicted octanol–water partition coefficient (Wildman–Crippen LogP) is 3.95. The molecule has 0 heterocycles. The minimum atomic E-state index is -0.938. The van der Waals surface area contributed by atoms with E-state index in [0.717, 1.165) is 16.4 Å². The lowest BCUT2D eigenvalue weighted by Gasteiger charge is -2.09. The summed E-state index contributed by atoms with van der Waals surface area (Å²) < 4.78 is 6.42. The smallest absolute Gasteiger partial charge is 0.339 e. The Hall–Kier alpha value is -0.780. The van der Waals surface area contributed by atoms with Crippen molar-refractivity contribution in [2.45, 2.75) is 32.6 Å². The number of carboxylic acid groups (broad SMARTS) is 1. The Bertz CT molecular complexity index is 377. The van der Waals surface area contributed by atoms with Crippen LogP contribution in [-0.2, 0) is 0 Å². The fourth-order valence-electron chi connectivity index (χ4n) is 1.51. The van der Waals surface area contributed by atoms with E-state index in [1.807, 2.05) is 6.07 Å². The summed E-state index contributed by atoms with van der Waals surface area (Å²) in [5.74, 6) is -0.471. The molecule has 0 aliphatic carbocycles. The van der Waals surface area contributed by atoms with Gasteiger partial charge in [0.2, 0.25) is 0 Å².